The molecule has 0 saturated heterocycles. The van der Waals surface area contributed by atoms with E-state index in [4.69, 9.17) is 9.47 Å². The van der Waals surface area contributed by atoms with Gasteiger partial charge in [-0.1, -0.05) is 11.3 Å². The molecule has 1 aromatic carbocycles. The first kappa shape index (κ1) is 10.7. The van der Waals surface area contributed by atoms with Gasteiger partial charge in [-0.2, -0.15) is 5.10 Å². The van der Waals surface area contributed by atoms with E-state index in [-0.39, 0.29) is 4.87 Å². The second-order valence-corrected chi connectivity index (χ2v) is 3.98. The summed E-state index contributed by atoms with van der Waals surface area (Å²) in [6.07, 6.45) is 0. The molecule has 1 N–H and O–H groups in total. The van der Waals surface area contributed by atoms with Gasteiger partial charge in [0.05, 0.1) is 14.2 Å². The highest BCUT2D eigenvalue weighted by molar-refractivity contribution is 7.12. The van der Waals surface area contributed by atoms with Crippen molar-refractivity contribution >= 4 is 11.3 Å². The van der Waals surface area contributed by atoms with Crippen molar-refractivity contribution in [3.05, 3.63) is 27.9 Å². The molecule has 0 aliphatic rings. The zero-order valence-electron chi connectivity index (χ0n) is 8.81. The van der Waals surface area contributed by atoms with E-state index in [1.165, 1.54) is 0 Å². The van der Waals surface area contributed by atoms with Crippen LogP contribution in [0.25, 0.3) is 10.6 Å². The molecule has 84 valence electrons. The van der Waals surface area contributed by atoms with E-state index in [1.807, 2.05) is 0 Å². The molecule has 0 fully saturated rings. The fourth-order valence-electron chi connectivity index (χ4n) is 1.28. The smallest absolute Gasteiger partial charge is 0.322 e. The molecule has 5 nitrogen and oxygen atoms in total. The number of hydrogen-bond donors (Lipinski definition) is 1. The number of nitrogens with one attached hydrogen (secondary N) is 1. The molecule has 0 atom stereocenters. The Bertz CT molecular complexity index is 525. The number of ether oxygens (including phenoxy) is 2. The van der Waals surface area contributed by atoms with E-state index in [1.54, 1.807) is 32.4 Å². The molecule has 0 amide bonds. The van der Waals surface area contributed by atoms with Gasteiger partial charge in [-0.15, -0.1) is 0 Å². The van der Waals surface area contributed by atoms with Crippen LogP contribution in [0.2, 0.25) is 0 Å². The van der Waals surface area contributed by atoms with E-state index >= 15 is 0 Å². The van der Waals surface area contributed by atoms with Crippen molar-refractivity contribution in [2.45, 2.75) is 0 Å². The van der Waals surface area contributed by atoms with Crippen molar-refractivity contribution in [1.29, 1.82) is 0 Å². The van der Waals surface area contributed by atoms with Crippen molar-refractivity contribution in [2.75, 3.05) is 14.2 Å². The normalized spacial score (nSPS) is 10.1. The topological polar surface area (TPSA) is 64.2 Å². The van der Waals surface area contributed by atoms with Crippen molar-refractivity contribution in [3.8, 4) is 22.1 Å². The van der Waals surface area contributed by atoms with Crippen LogP contribution in [-0.2, 0) is 0 Å². The predicted octanol–water partition coefficient (Wildman–Crippen LogP) is 1.52. The lowest BCUT2D eigenvalue weighted by atomic mass is 10.2. The Labute approximate surface area is 95.7 Å². The van der Waals surface area contributed by atoms with Crippen molar-refractivity contribution in [2.24, 2.45) is 0 Å². The molecule has 2 aromatic rings. The first-order valence-corrected chi connectivity index (χ1v) is 5.33. The third-order valence-corrected chi connectivity index (χ3v) is 2.83. The van der Waals surface area contributed by atoms with Crippen LogP contribution in [0, 0.1) is 0 Å². The largest absolute Gasteiger partial charge is 0.497 e. The second-order valence-electron chi connectivity index (χ2n) is 3.02. The fourth-order valence-corrected chi connectivity index (χ4v) is 1.88. The molecule has 0 radical (unpaired) electrons. The van der Waals surface area contributed by atoms with Gasteiger partial charge in [-0.05, 0) is 12.1 Å². The van der Waals surface area contributed by atoms with Gasteiger partial charge in [0.1, 0.15) is 16.5 Å². The quantitative estimate of drug-likeness (QED) is 0.880. The maximum Gasteiger partial charge on any atom is 0.322 e. The molecule has 0 aliphatic carbocycles. The number of rotatable bonds is 3. The first-order valence-electron chi connectivity index (χ1n) is 4.52. The SMILES string of the molecule is COc1cc(OC)cc(-c2n[nH]c(=O)s2)c1. The van der Waals surface area contributed by atoms with E-state index < -0.39 is 0 Å². The Balaban J connectivity index is 2.51. The Morgan fingerprint density at radius 1 is 1.19 bits per heavy atom. The zero-order valence-corrected chi connectivity index (χ0v) is 9.63. The highest BCUT2D eigenvalue weighted by Gasteiger charge is 2.07. The van der Waals surface area contributed by atoms with Gasteiger partial charge in [0.25, 0.3) is 0 Å². The molecule has 0 spiro atoms. The number of methoxy groups -OCH3 is 2. The molecule has 0 bridgehead atoms. The first-order chi connectivity index (χ1) is 7.72. The zero-order chi connectivity index (χ0) is 11.5. The Morgan fingerprint density at radius 2 is 1.81 bits per heavy atom. The molecular weight excluding hydrogens is 228 g/mol. The van der Waals surface area contributed by atoms with Crippen molar-refractivity contribution in [3.63, 3.8) is 0 Å². The van der Waals surface area contributed by atoms with Crippen LogP contribution in [0.1, 0.15) is 0 Å². The summed E-state index contributed by atoms with van der Waals surface area (Å²) < 4.78 is 10.3. The summed E-state index contributed by atoms with van der Waals surface area (Å²) in [5.74, 6) is 1.33. The Hall–Kier alpha value is -1.82. The van der Waals surface area contributed by atoms with Crippen LogP contribution in [0.5, 0.6) is 11.5 Å². The standard InChI is InChI=1S/C10H10N2O3S/c1-14-7-3-6(4-8(5-7)15-2)9-11-12-10(13)16-9/h3-5H,1-2H3,(H,12,13). The summed E-state index contributed by atoms with van der Waals surface area (Å²) >= 11 is 1.05. The average Bonchev–Trinajstić information content (AvgIpc) is 2.75. The molecular formula is C10H10N2O3S. The molecule has 0 unspecified atom stereocenters. The number of aromatic nitrogens is 2. The molecule has 0 aliphatic heterocycles. The van der Waals surface area contributed by atoms with Crippen LogP contribution in [0.4, 0.5) is 0 Å². The Kier molecular flexibility index (Phi) is 2.91. The van der Waals surface area contributed by atoms with Crippen LogP contribution in [-0.4, -0.2) is 24.4 Å². The lowest BCUT2D eigenvalue weighted by Crippen LogP contribution is -1.90. The highest BCUT2D eigenvalue weighted by Crippen LogP contribution is 2.29. The van der Waals surface area contributed by atoms with Gasteiger partial charge >= 0.3 is 4.87 Å². The average molecular weight is 238 g/mol. The number of hydrogen-bond acceptors (Lipinski definition) is 5. The van der Waals surface area contributed by atoms with Gasteiger partial charge in [0.15, 0.2) is 0 Å². The summed E-state index contributed by atoms with van der Waals surface area (Å²) in [5, 5.41) is 6.89. The van der Waals surface area contributed by atoms with Gasteiger partial charge < -0.3 is 9.47 Å². The minimum absolute atomic E-state index is 0.184. The summed E-state index contributed by atoms with van der Waals surface area (Å²) in [6.45, 7) is 0. The van der Waals surface area contributed by atoms with Crippen molar-refractivity contribution < 1.29 is 9.47 Å². The predicted molar refractivity (Wildman–Crippen MR) is 61.3 cm³/mol. The Morgan fingerprint density at radius 3 is 2.25 bits per heavy atom. The number of benzene rings is 1. The monoisotopic (exact) mass is 238 g/mol. The highest BCUT2D eigenvalue weighted by atomic mass is 32.1. The lowest BCUT2D eigenvalue weighted by Gasteiger charge is -2.05. The van der Waals surface area contributed by atoms with Gasteiger partial charge in [-0.3, -0.25) is 4.79 Å². The molecule has 0 saturated carbocycles. The van der Waals surface area contributed by atoms with Crippen LogP contribution in [0.3, 0.4) is 0 Å². The van der Waals surface area contributed by atoms with Gasteiger partial charge in [-0.25, -0.2) is 5.10 Å². The second kappa shape index (κ2) is 4.36. The number of nitrogens with zero attached hydrogens (tertiary/aromatic N) is 1. The summed E-state index contributed by atoms with van der Waals surface area (Å²) in [4.78, 5) is 10.8. The van der Waals surface area contributed by atoms with E-state index in [2.05, 4.69) is 10.2 Å². The molecule has 1 heterocycles. The molecule has 16 heavy (non-hydrogen) atoms. The number of aromatic amines is 1. The molecule has 6 heteroatoms. The van der Waals surface area contributed by atoms with Gasteiger partial charge in [0.2, 0.25) is 0 Å². The minimum atomic E-state index is -0.184. The fraction of sp³-hybridized carbons (Fsp3) is 0.200. The van der Waals surface area contributed by atoms with Gasteiger partial charge in [0, 0.05) is 11.6 Å². The van der Waals surface area contributed by atoms with Crippen LogP contribution < -0.4 is 14.3 Å². The third kappa shape index (κ3) is 2.06. The maximum atomic E-state index is 11.0. The maximum absolute atomic E-state index is 11.0. The molecule has 2 rings (SSSR count). The van der Waals surface area contributed by atoms with Crippen LogP contribution in [0.15, 0.2) is 23.0 Å². The molecule has 1 aromatic heterocycles. The summed E-state index contributed by atoms with van der Waals surface area (Å²) in [7, 11) is 3.15. The van der Waals surface area contributed by atoms with E-state index in [0.29, 0.717) is 16.5 Å². The number of H-pyrrole nitrogens is 1. The summed E-state index contributed by atoms with van der Waals surface area (Å²) in [5.41, 5.74) is 0.791. The van der Waals surface area contributed by atoms with Crippen molar-refractivity contribution in [1.82, 2.24) is 10.2 Å². The lowest BCUT2D eigenvalue weighted by molar-refractivity contribution is 0.394. The minimum Gasteiger partial charge on any atom is -0.497 e. The summed E-state index contributed by atoms with van der Waals surface area (Å²) in [6, 6.07) is 5.36. The third-order valence-electron chi connectivity index (χ3n) is 2.04. The van der Waals surface area contributed by atoms with Crippen LogP contribution >= 0.6 is 11.3 Å². The van der Waals surface area contributed by atoms with E-state index in [9.17, 15) is 4.79 Å². The van der Waals surface area contributed by atoms with E-state index in [0.717, 1.165) is 16.9 Å².